The topological polar surface area (TPSA) is 62.1 Å². The number of likely N-dealkylation sites (tertiary alicyclic amines) is 1. The molecule has 0 bridgehead atoms. The maximum atomic E-state index is 13.1. The highest BCUT2D eigenvalue weighted by Crippen LogP contribution is 2.38. The Kier molecular flexibility index (Phi) is 5.67. The van der Waals surface area contributed by atoms with Crippen molar-refractivity contribution in [3.05, 3.63) is 53.1 Å². The summed E-state index contributed by atoms with van der Waals surface area (Å²) in [6.07, 6.45) is 3.55. The molecule has 1 atom stereocenters. The fraction of sp³-hybridized carbons (Fsp3) is 0.417. The van der Waals surface area contributed by atoms with E-state index in [0.717, 1.165) is 18.5 Å². The molecule has 4 rings (SSSR count). The third kappa shape index (κ3) is 4.20. The Morgan fingerprint density at radius 1 is 1.14 bits per heavy atom. The number of carbonyl (C=O) groups is 1. The van der Waals surface area contributed by atoms with Gasteiger partial charge in [-0.3, -0.25) is 9.79 Å². The summed E-state index contributed by atoms with van der Waals surface area (Å²) in [7, 11) is 0. The second-order valence-electron chi connectivity index (χ2n) is 8.04. The molecule has 2 aliphatic rings. The predicted molar refractivity (Wildman–Crippen MR) is 115 cm³/mol. The number of carbonyl (C=O) groups excluding carboxylic acids is 1. The molecule has 5 nitrogen and oxygen atoms in total. The Hall–Kier alpha value is -2.66. The van der Waals surface area contributed by atoms with Crippen LogP contribution in [0, 0.1) is 6.92 Å². The summed E-state index contributed by atoms with van der Waals surface area (Å²) in [5, 5.41) is 10.6. The normalized spacial score (nSPS) is 19.2. The molecular weight excluding hydrogens is 364 g/mol. The van der Waals surface area contributed by atoms with Gasteiger partial charge in [0.2, 0.25) is 0 Å². The SMILES string of the molecule is CC1=Nc2ccc(C)cc2C(=O)C1c1ccc(OCCCN2CCCC2)cc1O. The lowest BCUT2D eigenvalue weighted by molar-refractivity contribution is 0.0980. The molecule has 0 aliphatic carbocycles. The first-order chi connectivity index (χ1) is 14.0. The highest BCUT2D eigenvalue weighted by Gasteiger charge is 2.32. The van der Waals surface area contributed by atoms with Gasteiger partial charge in [0.05, 0.1) is 18.2 Å². The minimum atomic E-state index is -0.562. The van der Waals surface area contributed by atoms with Gasteiger partial charge in [0.15, 0.2) is 5.78 Å². The van der Waals surface area contributed by atoms with E-state index in [1.807, 2.05) is 38.1 Å². The van der Waals surface area contributed by atoms with Gasteiger partial charge in [0.1, 0.15) is 11.5 Å². The molecule has 0 saturated carbocycles. The third-order valence-electron chi connectivity index (χ3n) is 5.79. The molecule has 0 radical (unpaired) electrons. The molecule has 5 heteroatoms. The van der Waals surface area contributed by atoms with Crippen LogP contribution in [0.4, 0.5) is 5.69 Å². The summed E-state index contributed by atoms with van der Waals surface area (Å²) in [4.78, 5) is 20.2. The minimum absolute atomic E-state index is 0.0224. The maximum Gasteiger partial charge on any atom is 0.178 e. The molecule has 2 aromatic carbocycles. The number of Topliss-reactive ketones (excluding diaryl/α,β-unsaturated/α-hetero) is 1. The van der Waals surface area contributed by atoms with Crippen LogP contribution in [0.5, 0.6) is 11.5 Å². The lowest BCUT2D eigenvalue weighted by Crippen LogP contribution is -2.24. The molecule has 2 aliphatic heterocycles. The van der Waals surface area contributed by atoms with E-state index in [2.05, 4.69) is 9.89 Å². The van der Waals surface area contributed by atoms with Crippen LogP contribution in [-0.4, -0.2) is 47.7 Å². The summed E-state index contributed by atoms with van der Waals surface area (Å²) < 4.78 is 5.81. The molecule has 1 unspecified atom stereocenters. The van der Waals surface area contributed by atoms with E-state index >= 15 is 0 Å². The van der Waals surface area contributed by atoms with E-state index in [0.29, 0.717) is 34.9 Å². The molecule has 1 fully saturated rings. The van der Waals surface area contributed by atoms with Crippen LogP contribution in [0.2, 0.25) is 0 Å². The number of phenols is 1. The number of fused-ring (bicyclic) bond motifs is 1. The van der Waals surface area contributed by atoms with E-state index in [1.165, 1.54) is 25.9 Å². The van der Waals surface area contributed by atoms with Crippen LogP contribution >= 0.6 is 0 Å². The van der Waals surface area contributed by atoms with E-state index in [1.54, 1.807) is 12.1 Å². The van der Waals surface area contributed by atoms with Crippen molar-refractivity contribution in [2.24, 2.45) is 4.99 Å². The molecular formula is C24H28N2O3. The zero-order valence-electron chi connectivity index (χ0n) is 17.1. The Morgan fingerprint density at radius 3 is 2.69 bits per heavy atom. The highest BCUT2D eigenvalue weighted by atomic mass is 16.5. The standard InChI is InChI=1S/C24H28N2O3/c1-16-6-9-21-20(14-16)24(28)23(17(2)25-21)19-8-7-18(15-22(19)27)29-13-5-12-26-10-3-4-11-26/h6-9,14-15,23,27H,3-5,10-13H2,1-2H3. The van der Waals surface area contributed by atoms with Crippen molar-refractivity contribution >= 4 is 17.2 Å². The molecule has 29 heavy (non-hydrogen) atoms. The van der Waals surface area contributed by atoms with Gasteiger partial charge >= 0.3 is 0 Å². The van der Waals surface area contributed by atoms with E-state index in [4.69, 9.17) is 4.74 Å². The number of benzene rings is 2. The second kappa shape index (κ2) is 8.37. The second-order valence-corrected chi connectivity index (χ2v) is 8.04. The number of ether oxygens (including phenoxy) is 1. The minimum Gasteiger partial charge on any atom is -0.507 e. The van der Waals surface area contributed by atoms with E-state index in [-0.39, 0.29) is 11.5 Å². The predicted octanol–water partition coefficient (Wildman–Crippen LogP) is 4.64. The lowest BCUT2D eigenvalue weighted by atomic mass is 9.83. The van der Waals surface area contributed by atoms with Crippen molar-refractivity contribution < 1.29 is 14.6 Å². The fourth-order valence-corrected chi connectivity index (χ4v) is 4.25. The summed E-state index contributed by atoms with van der Waals surface area (Å²) in [6.45, 7) is 7.84. The van der Waals surface area contributed by atoms with Gasteiger partial charge in [-0.15, -0.1) is 0 Å². The summed E-state index contributed by atoms with van der Waals surface area (Å²) in [5.74, 6) is 0.118. The van der Waals surface area contributed by atoms with Crippen LogP contribution in [0.3, 0.4) is 0 Å². The Balaban J connectivity index is 1.45. The number of hydrogen-bond acceptors (Lipinski definition) is 5. The smallest absolute Gasteiger partial charge is 0.178 e. The Bertz CT molecular complexity index is 945. The zero-order valence-corrected chi connectivity index (χ0v) is 17.1. The number of nitrogens with zero attached hydrogens (tertiary/aromatic N) is 2. The van der Waals surface area contributed by atoms with Crippen molar-refractivity contribution in [1.29, 1.82) is 0 Å². The number of hydrogen-bond donors (Lipinski definition) is 1. The monoisotopic (exact) mass is 392 g/mol. The van der Waals surface area contributed by atoms with Gasteiger partial charge in [-0.2, -0.15) is 0 Å². The maximum absolute atomic E-state index is 13.1. The summed E-state index contributed by atoms with van der Waals surface area (Å²) in [6, 6.07) is 10.9. The van der Waals surface area contributed by atoms with Crippen molar-refractivity contribution in [2.45, 2.75) is 39.0 Å². The van der Waals surface area contributed by atoms with Crippen molar-refractivity contribution in [3.63, 3.8) is 0 Å². The van der Waals surface area contributed by atoms with Gasteiger partial charge in [0, 0.05) is 29.4 Å². The van der Waals surface area contributed by atoms with Gasteiger partial charge < -0.3 is 14.7 Å². The molecule has 0 spiro atoms. The lowest BCUT2D eigenvalue weighted by Gasteiger charge is -2.23. The fourth-order valence-electron chi connectivity index (χ4n) is 4.25. The number of phenolic OH excluding ortho intramolecular Hbond substituents is 1. The number of aromatic hydroxyl groups is 1. The first-order valence-electron chi connectivity index (χ1n) is 10.4. The van der Waals surface area contributed by atoms with Gasteiger partial charge in [-0.05, 0) is 64.4 Å². The number of ketones is 1. The van der Waals surface area contributed by atoms with Crippen molar-refractivity contribution in [1.82, 2.24) is 4.90 Å². The highest BCUT2D eigenvalue weighted by molar-refractivity contribution is 6.21. The summed E-state index contributed by atoms with van der Waals surface area (Å²) >= 11 is 0. The molecule has 0 aromatic heterocycles. The van der Waals surface area contributed by atoms with Gasteiger partial charge in [-0.25, -0.2) is 0 Å². The Morgan fingerprint density at radius 2 is 1.93 bits per heavy atom. The average Bonchev–Trinajstić information content (AvgIpc) is 3.21. The number of aliphatic imine (C=N–C) groups is 1. The van der Waals surface area contributed by atoms with Crippen molar-refractivity contribution in [3.8, 4) is 11.5 Å². The quantitative estimate of drug-likeness (QED) is 0.728. The van der Waals surface area contributed by atoms with Gasteiger partial charge in [0.25, 0.3) is 0 Å². The van der Waals surface area contributed by atoms with Crippen LogP contribution in [-0.2, 0) is 0 Å². The summed E-state index contributed by atoms with van der Waals surface area (Å²) in [5.41, 5.74) is 3.61. The largest absolute Gasteiger partial charge is 0.507 e. The third-order valence-corrected chi connectivity index (χ3v) is 5.79. The van der Waals surface area contributed by atoms with Crippen LogP contribution in [0.15, 0.2) is 41.4 Å². The number of aryl methyl sites for hydroxylation is 1. The van der Waals surface area contributed by atoms with E-state index in [9.17, 15) is 9.90 Å². The number of rotatable bonds is 6. The van der Waals surface area contributed by atoms with Crippen LogP contribution in [0.1, 0.15) is 53.6 Å². The van der Waals surface area contributed by atoms with E-state index < -0.39 is 5.92 Å². The van der Waals surface area contributed by atoms with Crippen LogP contribution < -0.4 is 4.74 Å². The molecule has 2 heterocycles. The molecule has 2 aromatic rings. The first-order valence-corrected chi connectivity index (χ1v) is 10.4. The molecule has 1 saturated heterocycles. The molecule has 152 valence electrons. The zero-order chi connectivity index (χ0) is 20.4. The Labute approximate surface area is 172 Å². The van der Waals surface area contributed by atoms with Crippen molar-refractivity contribution in [2.75, 3.05) is 26.2 Å². The average molecular weight is 392 g/mol. The van der Waals surface area contributed by atoms with Gasteiger partial charge in [-0.1, -0.05) is 17.7 Å². The molecule has 0 amide bonds. The first kappa shape index (κ1) is 19.6. The van der Waals surface area contributed by atoms with Crippen LogP contribution in [0.25, 0.3) is 0 Å². The molecule has 1 N–H and O–H groups in total.